The van der Waals surface area contributed by atoms with Gasteiger partial charge < -0.3 is 15.6 Å². The number of carbonyl (C=O) groups excluding carboxylic acids is 3. The number of fused-ring (bicyclic) bond motifs is 1. The summed E-state index contributed by atoms with van der Waals surface area (Å²) in [6.45, 7) is 0.110. The van der Waals surface area contributed by atoms with Gasteiger partial charge in [-0.05, 0) is 23.1 Å². The Labute approximate surface area is 159 Å². The Morgan fingerprint density at radius 3 is 2.85 bits per heavy atom. The molecule has 138 valence electrons. The molecule has 27 heavy (non-hydrogen) atoms. The fraction of sp³-hybridized carbons (Fsp3) is 0.211. The summed E-state index contributed by atoms with van der Waals surface area (Å²) in [7, 11) is 0. The summed E-state index contributed by atoms with van der Waals surface area (Å²) in [5, 5.41) is 8.35. The number of nitrogens with zero attached hydrogens (tertiary/aromatic N) is 1. The van der Waals surface area contributed by atoms with Crippen LogP contribution in [0, 0.1) is 0 Å². The molecule has 3 aromatic rings. The number of amides is 4. The van der Waals surface area contributed by atoms with Gasteiger partial charge in [0.15, 0.2) is 0 Å². The SMILES string of the molecule is O=C(CN1C(=O)N[C@H](Cc2c[nH]c3ccccc23)C1=O)NCc1cccs1. The third kappa shape index (κ3) is 3.56. The Kier molecular flexibility index (Phi) is 4.64. The summed E-state index contributed by atoms with van der Waals surface area (Å²) in [6, 6.07) is 10.4. The second-order valence-corrected chi connectivity index (χ2v) is 7.38. The third-order valence-corrected chi connectivity index (χ3v) is 5.42. The molecule has 1 atom stereocenters. The molecule has 4 amide bonds. The summed E-state index contributed by atoms with van der Waals surface area (Å²) in [4.78, 5) is 42.0. The summed E-state index contributed by atoms with van der Waals surface area (Å²) in [5.41, 5.74) is 1.93. The van der Waals surface area contributed by atoms with E-state index in [1.54, 1.807) is 0 Å². The second kappa shape index (κ2) is 7.24. The zero-order valence-corrected chi connectivity index (χ0v) is 15.2. The van der Waals surface area contributed by atoms with Crippen molar-refractivity contribution in [3.05, 3.63) is 58.4 Å². The quantitative estimate of drug-likeness (QED) is 0.569. The molecule has 1 aromatic carbocycles. The molecule has 0 unspecified atom stereocenters. The lowest BCUT2D eigenvalue weighted by molar-refractivity contribution is -0.132. The predicted octanol–water partition coefficient (Wildman–Crippen LogP) is 2.01. The van der Waals surface area contributed by atoms with Crippen LogP contribution in [0.3, 0.4) is 0 Å². The number of hydrogen-bond donors (Lipinski definition) is 3. The van der Waals surface area contributed by atoms with Crippen molar-refractivity contribution in [1.82, 2.24) is 20.5 Å². The number of carbonyl (C=O) groups is 3. The second-order valence-electron chi connectivity index (χ2n) is 6.35. The van der Waals surface area contributed by atoms with E-state index in [4.69, 9.17) is 0 Å². The lowest BCUT2D eigenvalue weighted by Crippen LogP contribution is -2.41. The lowest BCUT2D eigenvalue weighted by atomic mass is 10.1. The van der Waals surface area contributed by atoms with E-state index in [2.05, 4.69) is 15.6 Å². The van der Waals surface area contributed by atoms with Crippen LogP contribution in [-0.4, -0.2) is 40.3 Å². The van der Waals surface area contributed by atoms with Crippen LogP contribution in [0.15, 0.2) is 48.0 Å². The first-order valence-electron chi connectivity index (χ1n) is 8.58. The fourth-order valence-corrected chi connectivity index (χ4v) is 3.83. The molecule has 2 aromatic heterocycles. The molecule has 0 bridgehead atoms. The standard InChI is InChI=1S/C19H18N4O3S/c24-17(21-10-13-4-3-7-27-13)11-23-18(25)16(22-19(23)26)8-12-9-20-15-6-2-1-5-14(12)15/h1-7,9,16,20H,8,10-11H2,(H,21,24)(H,22,26)/t16-/m1/s1. The molecular weight excluding hydrogens is 364 g/mol. The smallest absolute Gasteiger partial charge is 0.325 e. The Bertz CT molecular complexity index is 995. The first-order chi connectivity index (χ1) is 13.1. The summed E-state index contributed by atoms with van der Waals surface area (Å²) in [5.74, 6) is -0.740. The molecule has 0 spiro atoms. The predicted molar refractivity (Wildman–Crippen MR) is 102 cm³/mol. The maximum absolute atomic E-state index is 12.6. The molecule has 1 aliphatic heterocycles. The van der Waals surface area contributed by atoms with Gasteiger partial charge in [0.05, 0.1) is 6.54 Å². The van der Waals surface area contributed by atoms with E-state index < -0.39 is 12.1 Å². The van der Waals surface area contributed by atoms with E-state index in [1.165, 1.54) is 11.3 Å². The molecule has 1 saturated heterocycles. The van der Waals surface area contributed by atoms with Gasteiger partial charge in [-0.3, -0.25) is 14.5 Å². The Morgan fingerprint density at radius 1 is 1.19 bits per heavy atom. The van der Waals surface area contributed by atoms with Gasteiger partial charge >= 0.3 is 6.03 Å². The van der Waals surface area contributed by atoms with Gasteiger partial charge in [-0.15, -0.1) is 11.3 Å². The van der Waals surface area contributed by atoms with Crippen LogP contribution in [0.25, 0.3) is 10.9 Å². The molecular formula is C19H18N4O3S. The van der Waals surface area contributed by atoms with E-state index >= 15 is 0 Å². The minimum Gasteiger partial charge on any atom is -0.361 e. The van der Waals surface area contributed by atoms with E-state index in [0.717, 1.165) is 26.2 Å². The third-order valence-electron chi connectivity index (χ3n) is 4.55. The van der Waals surface area contributed by atoms with Crippen molar-refractivity contribution in [2.24, 2.45) is 0 Å². The zero-order chi connectivity index (χ0) is 18.8. The molecule has 1 fully saturated rings. The molecule has 1 aliphatic rings. The monoisotopic (exact) mass is 382 g/mol. The maximum atomic E-state index is 12.6. The summed E-state index contributed by atoms with van der Waals surface area (Å²) < 4.78 is 0. The van der Waals surface area contributed by atoms with E-state index in [9.17, 15) is 14.4 Å². The van der Waals surface area contributed by atoms with Crippen LogP contribution in [0.1, 0.15) is 10.4 Å². The topological polar surface area (TPSA) is 94.3 Å². The molecule has 8 heteroatoms. The lowest BCUT2D eigenvalue weighted by Gasteiger charge is -2.12. The number of urea groups is 1. The van der Waals surface area contributed by atoms with Crippen molar-refractivity contribution in [2.45, 2.75) is 19.0 Å². The highest BCUT2D eigenvalue weighted by atomic mass is 32.1. The van der Waals surface area contributed by atoms with Crippen molar-refractivity contribution in [2.75, 3.05) is 6.54 Å². The van der Waals surface area contributed by atoms with Gasteiger partial charge in [-0.25, -0.2) is 4.79 Å². The van der Waals surface area contributed by atoms with Crippen LogP contribution in [0.5, 0.6) is 0 Å². The first kappa shape index (κ1) is 17.3. The van der Waals surface area contributed by atoms with Crippen LogP contribution >= 0.6 is 11.3 Å². The van der Waals surface area contributed by atoms with Crippen LogP contribution in [-0.2, 0) is 22.6 Å². The largest absolute Gasteiger partial charge is 0.361 e. The number of hydrogen-bond acceptors (Lipinski definition) is 4. The molecule has 4 rings (SSSR count). The van der Waals surface area contributed by atoms with E-state index in [-0.39, 0.29) is 18.4 Å². The number of H-pyrrole nitrogens is 1. The van der Waals surface area contributed by atoms with E-state index in [0.29, 0.717) is 13.0 Å². The van der Waals surface area contributed by atoms with Crippen molar-refractivity contribution in [3.63, 3.8) is 0 Å². The number of benzene rings is 1. The molecule has 0 saturated carbocycles. The van der Waals surface area contributed by atoms with Crippen LogP contribution < -0.4 is 10.6 Å². The normalized spacial score (nSPS) is 16.7. The minimum atomic E-state index is -0.665. The first-order valence-corrected chi connectivity index (χ1v) is 9.46. The zero-order valence-electron chi connectivity index (χ0n) is 14.4. The van der Waals surface area contributed by atoms with Crippen LogP contribution in [0.2, 0.25) is 0 Å². The average molecular weight is 382 g/mol. The van der Waals surface area contributed by atoms with Gasteiger partial charge in [0.25, 0.3) is 5.91 Å². The van der Waals surface area contributed by atoms with Crippen molar-refractivity contribution in [3.8, 4) is 0 Å². The average Bonchev–Trinajstić information content (AvgIpc) is 3.38. The summed E-state index contributed by atoms with van der Waals surface area (Å²) in [6.07, 6.45) is 2.22. The fourth-order valence-electron chi connectivity index (χ4n) is 3.18. The Hall–Kier alpha value is -3.13. The molecule has 0 radical (unpaired) electrons. The number of imide groups is 1. The van der Waals surface area contributed by atoms with E-state index in [1.807, 2.05) is 48.0 Å². The number of thiophene rings is 1. The van der Waals surface area contributed by atoms with Crippen molar-refractivity contribution >= 4 is 40.1 Å². The molecule has 3 heterocycles. The highest BCUT2D eigenvalue weighted by Crippen LogP contribution is 2.21. The van der Waals surface area contributed by atoms with Gasteiger partial charge in [0.2, 0.25) is 5.91 Å². The highest BCUT2D eigenvalue weighted by Gasteiger charge is 2.39. The number of para-hydroxylation sites is 1. The van der Waals surface area contributed by atoms with Crippen molar-refractivity contribution < 1.29 is 14.4 Å². The van der Waals surface area contributed by atoms with Gasteiger partial charge in [-0.2, -0.15) is 0 Å². The number of rotatable bonds is 6. The number of nitrogens with one attached hydrogen (secondary N) is 3. The molecule has 7 nitrogen and oxygen atoms in total. The van der Waals surface area contributed by atoms with Gasteiger partial charge in [0.1, 0.15) is 12.6 Å². The highest BCUT2D eigenvalue weighted by molar-refractivity contribution is 7.09. The molecule has 0 aliphatic carbocycles. The number of aromatic nitrogens is 1. The van der Waals surface area contributed by atoms with Crippen molar-refractivity contribution in [1.29, 1.82) is 0 Å². The minimum absolute atomic E-state index is 0.277. The van der Waals surface area contributed by atoms with Crippen LogP contribution in [0.4, 0.5) is 4.79 Å². The molecule has 3 N–H and O–H groups in total. The maximum Gasteiger partial charge on any atom is 0.325 e. The Balaban J connectivity index is 1.39. The Morgan fingerprint density at radius 2 is 2.04 bits per heavy atom. The number of aromatic amines is 1. The van der Waals surface area contributed by atoms with Gasteiger partial charge in [0, 0.05) is 28.4 Å². The van der Waals surface area contributed by atoms with Gasteiger partial charge in [-0.1, -0.05) is 24.3 Å². The summed E-state index contributed by atoms with van der Waals surface area (Å²) >= 11 is 1.53.